The van der Waals surface area contributed by atoms with Crippen molar-refractivity contribution < 1.29 is 4.79 Å². The summed E-state index contributed by atoms with van der Waals surface area (Å²) in [5.74, 6) is -0.449. The number of carbonyl (C=O) groups excluding carboxylic acids is 1. The van der Waals surface area contributed by atoms with Gasteiger partial charge in [-0.25, -0.2) is 10.1 Å². The predicted octanol–water partition coefficient (Wildman–Crippen LogP) is 2.88. The number of aryl methyl sites for hydroxylation is 2. The van der Waals surface area contributed by atoms with Crippen molar-refractivity contribution in [2.75, 3.05) is 0 Å². The molecule has 1 amide bonds. The van der Waals surface area contributed by atoms with E-state index in [4.69, 9.17) is 0 Å². The van der Waals surface area contributed by atoms with Gasteiger partial charge in [-0.05, 0) is 25.0 Å². The molecular weight excluding hydrogens is 328 g/mol. The van der Waals surface area contributed by atoms with E-state index in [0.29, 0.717) is 17.3 Å². The van der Waals surface area contributed by atoms with Crippen molar-refractivity contribution in [3.63, 3.8) is 0 Å². The number of hydrogen-bond acceptors (Lipinski definition) is 4. The van der Waals surface area contributed by atoms with Crippen LogP contribution in [0, 0.1) is 6.92 Å². The molecule has 1 N–H and O–H groups in total. The summed E-state index contributed by atoms with van der Waals surface area (Å²) in [5, 5.41) is 9.26. The molecule has 0 saturated heterocycles. The Morgan fingerprint density at radius 1 is 1.19 bits per heavy atom. The average molecular weight is 348 g/mol. The van der Waals surface area contributed by atoms with Gasteiger partial charge in [0, 0.05) is 11.9 Å². The van der Waals surface area contributed by atoms with E-state index in [1.54, 1.807) is 30.5 Å². The number of rotatable bonds is 5. The molecule has 1 heterocycles. The van der Waals surface area contributed by atoms with Crippen LogP contribution in [0.25, 0.3) is 10.8 Å². The molecular formula is C20H20N4O2. The van der Waals surface area contributed by atoms with Crippen LogP contribution in [0.4, 0.5) is 0 Å². The van der Waals surface area contributed by atoms with Gasteiger partial charge in [0.1, 0.15) is 0 Å². The first-order valence-electron chi connectivity index (χ1n) is 8.50. The molecule has 6 nitrogen and oxygen atoms in total. The lowest BCUT2D eigenvalue weighted by Crippen LogP contribution is -2.29. The van der Waals surface area contributed by atoms with E-state index in [0.717, 1.165) is 17.5 Å². The molecule has 6 heteroatoms. The van der Waals surface area contributed by atoms with Crippen molar-refractivity contribution in [1.82, 2.24) is 15.2 Å². The number of carbonyl (C=O) groups is 1. The number of aromatic nitrogens is 2. The van der Waals surface area contributed by atoms with Gasteiger partial charge in [-0.15, -0.1) is 0 Å². The largest absolute Gasteiger partial charge is 0.292 e. The maximum absolute atomic E-state index is 12.6. The normalized spacial score (nSPS) is 11.2. The van der Waals surface area contributed by atoms with Crippen LogP contribution in [0.1, 0.15) is 35.0 Å². The number of fused-ring (bicyclic) bond motifs is 1. The summed E-state index contributed by atoms with van der Waals surface area (Å²) in [6.07, 6.45) is 2.33. The fraction of sp³-hybridized carbons (Fsp3) is 0.200. The third-order valence-electron chi connectivity index (χ3n) is 3.94. The first-order valence-corrected chi connectivity index (χ1v) is 8.50. The van der Waals surface area contributed by atoms with Crippen molar-refractivity contribution >= 4 is 22.9 Å². The van der Waals surface area contributed by atoms with Crippen molar-refractivity contribution in [3.8, 4) is 0 Å². The highest BCUT2D eigenvalue weighted by Crippen LogP contribution is 2.13. The number of benzene rings is 2. The molecule has 0 fully saturated rings. The van der Waals surface area contributed by atoms with Crippen LogP contribution in [-0.4, -0.2) is 21.9 Å². The maximum atomic E-state index is 12.6. The number of hydrogen-bond donors (Lipinski definition) is 1. The van der Waals surface area contributed by atoms with Crippen molar-refractivity contribution in [1.29, 1.82) is 0 Å². The molecule has 132 valence electrons. The zero-order chi connectivity index (χ0) is 18.5. The Labute approximate surface area is 151 Å². The summed E-state index contributed by atoms with van der Waals surface area (Å²) in [6, 6.07) is 14.8. The summed E-state index contributed by atoms with van der Waals surface area (Å²) in [6.45, 7) is 4.40. The molecule has 0 saturated carbocycles. The lowest BCUT2D eigenvalue weighted by atomic mass is 10.1. The van der Waals surface area contributed by atoms with Gasteiger partial charge in [0.25, 0.3) is 11.5 Å². The molecule has 0 aliphatic heterocycles. The Balaban J connectivity index is 1.92. The molecule has 0 bridgehead atoms. The standard InChI is InChI=1S/C20H20N4O2/c1-3-11-24-20(26)17-10-5-4-9-16(17)18(23-24)19(25)22-21-13-15-8-6-7-14(2)12-15/h4-10,12-13H,3,11H2,1-2H3,(H,22,25)/b21-13+. The molecule has 0 atom stereocenters. The van der Waals surface area contributed by atoms with Crippen LogP contribution < -0.4 is 11.0 Å². The number of hydrazone groups is 1. The van der Waals surface area contributed by atoms with Crippen LogP contribution in [-0.2, 0) is 6.54 Å². The van der Waals surface area contributed by atoms with Gasteiger partial charge in [-0.2, -0.15) is 10.2 Å². The molecule has 0 aliphatic carbocycles. The van der Waals surface area contributed by atoms with Gasteiger partial charge in [0.2, 0.25) is 0 Å². The Bertz CT molecular complexity index is 1040. The van der Waals surface area contributed by atoms with Crippen molar-refractivity contribution in [3.05, 3.63) is 75.7 Å². The van der Waals surface area contributed by atoms with E-state index in [-0.39, 0.29) is 11.3 Å². The van der Waals surface area contributed by atoms with Gasteiger partial charge >= 0.3 is 0 Å². The van der Waals surface area contributed by atoms with E-state index in [9.17, 15) is 9.59 Å². The lowest BCUT2D eigenvalue weighted by molar-refractivity contribution is 0.0949. The summed E-state index contributed by atoms with van der Waals surface area (Å²) < 4.78 is 1.33. The monoisotopic (exact) mass is 348 g/mol. The second-order valence-electron chi connectivity index (χ2n) is 6.04. The number of nitrogens with zero attached hydrogens (tertiary/aromatic N) is 3. The van der Waals surface area contributed by atoms with Crippen molar-refractivity contribution in [2.24, 2.45) is 5.10 Å². The van der Waals surface area contributed by atoms with Crippen molar-refractivity contribution in [2.45, 2.75) is 26.8 Å². The van der Waals surface area contributed by atoms with Crippen LogP contribution in [0.2, 0.25) is 0 Å². The molecule has 1 aromatic heterocycles. The molecule has 0 radical (unpaired) electrons. The summed E-state index contributed by atoms with van der Waals surface area (Å²) in [4.78, 5) is 25.0. The highest BCUT2D eigenvalue weighted by Gasteiger charge is 2.15. The molecule has 3 rings (SSSR count). The highest BCUT2D eigenvalue weighted by molar-refractivity contribution is 6.04. The SMILES string of the molecule is CCCn1nc(C(=O)N/N=C/c2cccc(C)c2)c2ccccc2c1=O. The van der Waals surface area contributed by atoms with E-state index in [1.807, 2.05) is 38.1 Å². The molecule has 0 aliphatic rings. The molecule has 26 heavy (non-hydrogen) atoms. The summed E-state index contributed by atoms with van der Waals surface area (Å²) >= 11 is 0. The second-order valence-corrected chi connectivity index (χ2v) is 6.04. The third-order valence-corrected chi connectivity index (χ3v) is 3.94. The van der Waals surface area contributed by atoms with E-state index >= 15 is 0 Å². The average Bonchev–Trinajstić information content (AvgIpc) is 2.64. The summed E-state index contributed by atoms with van der Waals surface area (Å²) in [5.41, 5.74) is 4.50. The zero-order valence-electron chi connectivity index (χ0n) is 14.8. The van der Waals surface area contributed by atoms with Crippen LogP contribution in [0.15, 0.2) is 58.4 Å². The van der Waals surface area contributed by atoms with Gasteiger partial charge in [0.05, 0.1) is 11.6 Å². The topological polar surface area (TPSA) is 76.3 Å². The Morgan fingerprint density at radius 3 is 2.69 bits per heavy atom. The first-order chi connectivity index (χ1) is 12.6. The Kier molecular flexibility index (Phi) is 5.22. The van der Waals surface area contributed by atoms with E-state index < -0.39 is 5.91 Å². The fourth-order valence-corrected chi connectivity index (χ4v) is 2.74. The zero-order valence-corrected chi connectivity index (χ0v) is 14.8. The van der Waals surface area contributed by atoms with E-state index in [1.165, 1.54) is 4.68 Å². The number of nitrogens with one attached hydrogen (secondary N) is 1. The van der Waals surface area contributed by atoms with Gasteiger partial charge in [-0.1, -0.05) is 55.0 Å². The Morgan fingerprint density at radius 2 is 1.96 bits per heavy atom. The minimum atomic E-state index is -0.449. The van der Waals surface area contributed by atoms with Gasteiger partial charge in [-0.3, -0.25) is 9.59 Å². The fourth-order valence-electron chi connectivity index (χ4n) is 2.74. The second kappa shape index (κ2) is 7.74. The van der Waals surface area contributed by atoms with Gasteiger partial charge in [0.15, 0.2) is 5.69 Å². The smallest absolute Gasteiger partial charge is 0.267 e. The van der Waals surface area contributed by atoms with Gasteiger partial charge < -0.3 is 0 Å². The molecule has 3 aromatic rings. The molecule has 0 unspecified atom stereocenters. The third kappa shape index (κ3) is 3.69. The van der Waals surface area contributed by atoms with Crippen LogP contribution >= 0.6 is 0 Å². The van der Waals surface area contributed by atoms with E-state index in [2.05, 4.69) is 15.6 Å². The van der Waals surface area contributed by atoms with Crippen LogP contribution in [0.3, 0.4) is 0 Å². The molecule has 0 spiro atoms. The minimum absolute atomic E-state index is 0.190. The summed E-state index contributed by atoms with van der Waals surface area (Å²) in [7, 11) is 0. The molecule has 2 aromatic carbocycles. The minimum Gasteiger partial charge on any atom is -0.267 e. The maximum Gasteiger partial charge on any atom is 0.292 e. The number of amides is 1. The Hall–Kier alpha value is -3.28. The first kappa shape index (κ1) is 17.5. The lowest BCUT2D eigenvalue weighted by Gasteiger charge is -2.09. The predicted molar refractivity (Wildman–Crippen MR) is 103 cm³/mol. The van der Waals surface area contributed by atoms with Crippen LogP contribution in [0.5, 0.6) is 0 Å². The quantitative estimate of drug-likeness (QED) is 0.569. The highest BCUT2D eigenvalue weighted by atomic mass is 16.2.